The molecule has 84 valence electrons. The average Bonchev–Trinajstić information content (AvgIpc) is 2.15. The van der Waals surface area contributed by atoms with E-state index in [0.717, 1.165) is 23.4 Å². The molecule has 0 radical (unpaired) electrons. The zero-order chi connectivity index (χ0) is 11.3. The zero-order valence-electron chi connectivity index (χ0n) is 9.76. The number of benzene rings is 1. The maximum atomic E-state index is 3.53. The van der Waals surface area contributed by atoms with Crippen molar-refractivity contribution in [1.82, 2.24) is 5.32 Å². The molecule has 0 aliphatic heterocycles. The summed E-state index contributed by atoms with van der Waals surface area (Å²) in [6, 6.07) is 9.07. The summed E-state index contributed by atoms with van der Waals surface area (Å²) in [5, 5.41) is 3.53. The second kappa shape index (κ2) is 6.29. The standard InChI is InChI=1S/C13H20BrN/c1-10(2)9-15-11(3)7-12-5-4-6-13(14)8-12/h4-6,8,10-11,15H,7,9H2,1-3H3. The lowest BCUT2D eigenvalue weighted by atomic mass is 10.1. The van der Waals surface area contributed by atoms with Gasteiger partial charge in [-0.25, -0.2) is 0 Å². The summed E-state index contributed by atoms with van der Waals surface area (Å²) in [5.41, 5.74) is 1.38. The van der Waals surface area contributed by atoms with Gasteiger partial charge < -0.3 is 5.32 Å². The first-order chi connectivity index (χ1) is 7.08. The molecular weight excluding hydrogens is 250 g/mol. The minimum absolute atomic E-state index is 0.543. The van der Waals surface area contributed by atoms with E-state index in [1.165, 1.54) is 5.56 Å². The van der Waals surface area contributed by atoms with E-state index in [1.807, 2.05) is 0 Å². The molecule has 1 nitrogen and oxygen atoms in total. The zero-order valence-corrected chi connectivity index (χ0v) is 11.3. The van der Waals surface area contributed by atoms with Gasteiger partial charge in [0.1, 0.15) is 0 Å². The summed E-state index contributed by atoms with van der Waals surface area (Å²) in [4.78, 5) is 0. The molecule has 1 N–H and O–H groups in total. The largest absolute Gasteiger partial charge is 0.314 e. The predicted molar refractivity (Wildman–Crippen MR) is 70.1 cm³/mol. The van der Waals surface area contributed by atoms with Crippen LogP contribution in [0.1, 0.15) is 26.3 Å². The first-order valence-electron chi connectivity index (χ1n) is 5.55. The van der Waals surface area contributed by atoms with Crippen LogP contribution in [-0.4, -0.2) is 12.6 Å². The van der Waals surface area contributed by atoms with E-state index in [4.69, 9.17) is 0 Å². The van der Waals surface area contributed by atoms with Gasteiger partial charge in [-0.2, -0.15) is 0 Å². The van der Waals surface area contributed by atoms with Crippen molar-refractivity contribution in [2.75, 3.05) is 6.54 Å². The van der Waals surface area contributed by atoms with Gasteiger partial charge in [0.25, 0.3) is 0 Å². The van der Waals surface area contributed by atoms with Crippen LogP contribution in [0.2, 0.25) is 0 Å². The molecule has 0 aliphatic carbocycles. The fourth-order valence-corrected chi connectivity index (χ4v) is 1.97. The lowest BCUT2D eigenvalue weighted by Crippen LogP contribution is -2.31. The molecule has 0 spiro atoms. The summed E-state index contributed by atoms with van der Waals surface area (Å²) >= 11 is 3.49. The minimum Gasteiger partial charge on any atom is -0.314 e. The SMILES string of the molecule is CC(C)CNC(C)Cc1cccc(Br)c1. The maximum Gasteiger partial charge on any atom is 0.0178 e. The van der Waals surface area contributed by atoms with Gasteiger partial charge in [-0.3, -0.25) is 0 Å². The number of halogens is 1. The Morgan fingerprint density at radius 2 is 2.00 bits per heavy atom. The number of hydrogen-bond donors (Lipinski definition) is 1. The third-order valence-corrected chi connectivity index (χ3v) is 2.80. The van der Waals surface area contributed by atoms with Crippen molar-refractivity contribution in [1.29, 1.82) is 0 Å². The molecule has 0 saturated carbocycles. The van der Waals surface area contributed by atoms with E-state index >= 15 is 0 Å². The molecule has 0 aromatic heterocycles. The summed E-state index contributed by atoms with van der Waals surface area (Å²) < 4.78 is 1.16. The monoisotopic (exact) mass is 269 g/mol. The summed E-state index contributed by atoms with van der Waals surface area (Å²) in [5.74, 6) is 0.718. The molecular formula is C13H20BrN. The molecule has 1 aromatic carbocycles. The highest BCUT2D eigenvalue weighted by Gasteiger charge is 2.03. The van der Waals surface area contributed by atoms with E-state index in [-0.39, 0.29) is 0 Å². The van der Waals surface area contributed by atoms with Crippen molar-refractivity contribution >= 4 is 15.9 Å². The second-order valence-electron chi connectivity index (χ2n) is 4.54. The topological polar surface area (TPSA) is 12.0 Å². The molecule has 0 bridgehead atoms. The van der Waals surface area contributed by atoms with Crippen LogP contribution in [0, 0.1) is 5.92 Å². The molecule has 0 amide bonds. The van der Waals surface area contributed by atoms with Crippen LogP contribution in [0.4, 0.5) is 0 Å². The van der Waals surface area contributed by atoms with Crippen LogP contribution >= 0.6 is 15.9 Å². The Balaban J connectivity index is 2.40. The van der Waals surface area contributed by atoms with E-state index in [1.54, 1.807) is 0 Å². The predicted octanol–water partition coefficient (Wildman–Crippen LogP) is 3.63. The van der Waals surface area contributed by atoms with Gasteiger partial charge in [-0.1, -0.05) is 41.9 Å². The Hall–Kier alpha value is -0.340. The lowest BCUT2D eigenvalue weighted by molar-refractivity contribution is 0.482. The van der Waals surface area contributed by atoms with Crippen molar-refractivity contribution in [3.8, 4) is 0 Å². The first-order valence-corrected chi connectivity index (χ1v) is 6.35. The fourth-order valence-electron chi connectivity index (χ4n) is 1.53. The average molecular weight is 270 g/mol. The van der Waals surface area contributed by atoms with Crippen LogP contribution in [0.5, 0.6) is 0 Å². The van der Waals surface area contributed by atoms with Crippen molar-refractivity contribution in [2.24, 2.45) is 5.92 Å². The molecule has 2 heteroatoms. The summed E-state index contributed by atoms with van der Waals surface area (Å²) in [6.45, 7) is 7.80. The van der Waals surface area contributed by atoms with Crippen LogP contribution in [-0.2, 0) is 6.42 Å². The molecule has 0 heterocycles. The quantitative estimate of drug-likeness (QED) is 0.861. The van der Waals surface area contributed by atoms with E-state index in [0.29, 0.717) is 6.04 Å². The molecule has 15 heavy (non-hydrogen) atoms. The molecule has 1 unspecified atom stereocenters. The van der Waals surface area contributed by atoms with Crippen LogP contribution in [0.25, 0.3) is 0 Å². The van der Waals surface area contributed by atoms with Gasteiger partial charge in [-0.15, -0.1) is 0 Å². The summed E-state index contributed by atoms with van der Waals surface area (Å²) in [7, 11) is 0. The van der Waals surface area contributed by atoms with Gasteiger partial charge in [0.05, 0.1) is 0 Å². The van der Waals surface area contributed by atoms with E-state index in [2.05, 4.69) is 66.3 Å². The highest BCUT2D eigenvalue weighted by Crippen LogP contribution is 2.13. The molecule has 0 fully saturated rings. The molecule has 1 atom stereocenters. The minimum atomic E-state index is 0.543. The van der Waals surface area contributed by atoms with Gasteiger partial charge in [0, 0.05) is 10.5 Å². The normalized spacial score (nSPS) is 13.1. The fraction of sp³-hybridized carbons (Fsp3) is 0.538. The van der Waals surface area contributed by atoms with Crippen molar-refractivity contribution in [2.45, 2.75) is 33.2 Å². The Morgan fingerprint density at radius 1 is 1.27 bits per heavy atom. The highest BCUT2D eigenvalue weighted by molar-refractivity contribution is 9.10. The van der Waals surface area contributed by atoms with E-state index in [9.17, 15) is 0 Å². The first kappa shape index (κ1) is 12.7. The van der Waals surface area contributed by atoms with Gasteiger partial charge in [0.2, 0.25) is 0 Å². The van der Waals surface area contributed by atoms with Gasteiger partial charge >= 0.3 is 0 Å². The molecule has 0 aliphatic rings. The van der Waals surface area contributed by atoms with Crippen LogP contribution < -0.4 is 5.32 Å². The van der Waals surface area contributed by atoms with Crippen LogP contribution in [0.3, 0.4) is 0 Å². The second-order valence-corrected chi connectivity index (χ2v) is 5.45. The highest BCUT2D eigenvalue weighted by atomic mass is 79.9. The van der Waals surface area contributed by atoms with Gasteiger partial charge in [0.15, 0.2) is 0 Å². The van der Waals surface area contributed by atoms with E-state index < -0.39 is 0 Å². The third-order valence-electron chi connectivity index (χ3n) is 2.31. The Bertz CT molecular complexity index is 296. The maximum absolute atomic E-state index is 3.53. The Morgan fingerprint density at radius 3 is 2.60 bits per heavy atom. The molecule has 1 rings (SSSR count). The number of rotatable bonds is 5. The smallest absolute Gasteiger partial charge is 0.0178 e. The molecule has 1 aromatic rings. The van der Waals surface area contributed by atoms with Crippen molar-refractivity contribution in [3.05, 3.63) is 34.3 Å². The third kappa shape index (κ3) is 5.33. The lowest BCUT2D eigenvalue weighted by Gasteiger charge is -2.15. The number of hydrogen-bond acceptors (Lipinski definition) is 1. The molecule has 0 saturated heterocycles. The van der Waals surface area contributed by atoms with Gasteiger partial charge in [-0.05, 0) is 43.5 Å². The van der Waals surface area contributed by atoms with Crippen molar-refractivity contribution in [3.63, 3.8) is 0 Å². The van der Waals surface area contributed by atoms with Crippen LogP contribution in [0.15, 0.2) is 28.7 Å². The number of nitrogens with one attached hydrogen (secondary N) is 1. The Kier molecular flexibility index (Phi) is 5.34. The summed E-state index contributed by atoms with van der Waals surface area (Å²) in [6.07, 6.45) is 1.09. The Labute approximate surface area is 101 Å². The van der Waals surface area contributed by atoms with Crippen molar-refractivity contribution < 1.29 is 0 Å².